The monoisotopic (exact) mass is 233 g/mol. The van der Waals surface area contributed by atoms with Gasteiger partial charge in [0.05, 0.1) is 0 Å². The summed E-state index contributed by atoms with van der Waals surface area (Å²) in [5, 5.41) is 3.28. The molecule has 0 fully saturated rings. The fourth-order valence-electron chi connectivity index (χ4n) is 0.901. The molecule has 0 saturated heterocycles. The lowest BCUT2D eigenvalue weighted by molar-refractivity contribution is 0.580. The average molecular weight is 233 g/mol. The number of thiocarbonyl (C=S) groups is 1. The van der Waals surface area contributed by atoms with Crippen LogP contribution in [0.15, 0.2) is 0 Å². The summed E-state index contributed by atoms with van der Waals surface area (Å²) in [6.07, 6.45) is 2.45. The van der Waals surface area contributed by atoms with Crippen LogP contribution in [0.2, 0.25) is 0 Å². The summed E-state index contributed by atoms with van der Waals surface area (Å²) in [7, 11) is 0. The Morgan fingerprint density at radius 3 is 2.21 bits per heavy atom. The first-order valence-electron chi connectivity index (χ1n) is 5.43. The van der Waals surface area contributed by atoms with E-state index < -0.39 is 0 Å². The summed E-state index contributed by atoms with van der Waals surface area (Å²) < 4.78 is 0.964. The van der Waals surface area contributed by atoms with Crippen molar-refractivity contribution in [2.24, 2.45) is 11.8 Å². The fraction of sp³-hybridized carbons (Fsp3) is 0.909. The molecule has 0 heterocycles. The van der Waals surface area contributed by atoms with E-state index in [0.29, 0.717) is 0 Å². The minimum atomic E-state index is 0.756. The molecule has 0 radical (unpaired) electrons. The topological polar surface area (TPSA) is 12.0 Å². The van der Waals surface area contributed by atoms with E-state index in [4.69, 9.17) is 12.2 Å². The second kappa shape index (κ2) is 8.54. The Bertz CT molecular complexity index is 139. The lowest BCUT2D eigenvalue weighted by atomic mass is 10.1. The molecule has 0 spiro atoms. The molecule has 0 bridgehead atoms. The molecular weight excluding hydrogens is 210 g/mol. The highest BCUT2D eigenvalue weighted by molar-refractivity contribution is 8.22. The summed E-state index contributed by atoms with van der Waals surface area (Å²) in [6, 6.07) is 0. The highest BCUT2D eigenvalue weighted by atomic mass is 32.2. The van der Waals surface area contributed by atoms with Crippen LogP contribution in [0.5, 0.6) is 0 Å². The third-order valence-corrected chi connectivity index (χ3v) is 3.26. The third kappa shape index (κ3) is 10.3. The maximum atomic E-state index is 5.21. The van der Waals surface area contributed by atoms with Gasteiger partial charge in [-0.2, -0.15) is 0 Å². The maximum absolute atomic E-state index is 5.21. The van der Waals surface area contributed by atoms with Gasteiger partial charge in [0.15, 0.2) is 0 Å². The van der Waals surface area contributed by atoms with Crippen LogP contribution in [-0.2, 0) is 0 Å². The van der Waals surface area contributed by atoms with Gasteiger partial charge in [0.1, 0.15) is 4.32 Å². The first-order valence-corrected chi connectivity index (χ1v) is 6.82. The standard InChI is InChI=1S/C11H23NS2/c1-9(2)5-7-12-11(13)14-8-6-10(3)4/h9-10H,5-8H2,1-4H3,(H,12,13). The van der Waals surface area contributed by atoms with Gasteiger partial charge in [-0.05, 0) is 24.7 Å². The van der Waals surface area contributed by atoms with Crippen molar-refractivity contribution in [2.75, 3.05) is 12.3 Å². The van der Waals surface area contributed by atoms with E-state index in [1.54, 1.807) is 11.8 Å². The molecule has 0 atom stereocenters. The average Bonchev–Trinajstić information content (AvgIpc) is 2.02. The normalized spacial score (nSPS) is 11.0. The highest BCUT2D eigenvalue weighted by Crippen LogP contribution is 2.09. The van der Waals surface area contributed by atoms with E-state index in [1.165, 1.54) is 12.8 Å². The van der Waals surface area contributed by atoms with E-state index in [9.17, 15) is 0 Å². The highest BCUT2D eigenvalue weighted by Gasteiger charge is 1.99. The summed E-state index contributed by atoms with van der Waals surface area (Å²) >= 11 is 6.99. The first-order chi connectivity index (χ1) is 6.52. The van der Waals surface area contributed by atoms with Crippen molar-refractivity contribution >= 4 is 28.3 Å². The largest absolute Gasteiger partial charge is 0.371 e. The number of thioether (sulfide) groups is 1. The Hall–Kier alpha value is 0.240. The molecule has 0 amide bonds. The Labute approximate surface area is 98.4 Å². The number of nitrogens with one attached hydrogen (secondary N) is 1. The summed E-state index contributed by atoms with van der Waals surface area (Å²) in [4.78, 5) is 0. The van der Waals surface area contributed by atoms with Crippen LogP contribution in [0, 0.1) is 11.8 Å². The van der Waals surface area contributed by atoms with Crippen molar-refractivity contribution in [1.82, 2.24) is 5.32 Å². The molecule has 1 N–H and O–H groups in total. The van der Waals surface area contributed by atoms with Crippen LogP contribution in [0.25, 0.3) is 0 Å². The van der Waals surface area contributed by atoms with Gasteiger partial charge in [-0.15, -0.1) is 0 Å². The number of hydrogen-bond donors (Lipinski definition) is 1. The molecule has 0 aromatic rings. The van der Waals surface area contributed by atoms with Crippen LogP contribution >= 0.6 is 24.0 Å². The second-order valence-corrected chi connectivity index (χ2v) is 6.20. The third-order valence-electron chi connectivity index (χ3n) is 1.92. The van der Waals surface area contributed by atoms with Gasteiger partial charge in [-0.25, -0.2) is 0 Å². The van der Waals surface area contributed by atoms with E-state index in [0.717, 1.165) is 28.5 Å². The van der Waals surface area contributed by atoms with Crippen LogP contribution < -0.4 is 5.32 Å². The zero-order valence-corrected chi connectivity index (χ0v) is 11.4. The van der Waals surface area contributed by atoms with Gasteiger partial charge in [0.25, 0.3) is 0 Å². The fourth-order valence-corrected chi connectivity index (χ4v) is 2.23. The molecule has 0 aromatic heterocycles. The SMILES string of the molecule is CC(C)CCNC(=S)SCCC(C)C. The van der Waals surface area contributed by atoms with Crippen LogP contribution in [0.1, 0.15) is 40.5 Å². The van der Waals surface area contributed by atoms with Gasteiger partial charge in [-0.1, -0.05) is 51.7 Å². The van der Waals surface area contributed by atoms with Crippen LogP contribution in [0.3, 0.4) is 0 Å². The molecule has 1 nitrogen and oxygen atoms in total. The van der Waals surface area contributed by atoms with E-state index in [2.05, 4.69) is 33.0 Å². The van der Waals surface area contributed by atoms with Gasteiger partial charge < -0.3 is 5.32 Å². The molecule has 0 aliphatic rings. The smallest absolute Gasteiger partial charge is 0.133 e. The Morgan fingerprint density at radius 1 is 1.14 bits per heavy atom. The minimum absolute atomic E-state index is 0.756. The van der Waals surface area contributed by atoms with Crippen molar-refractivity contribution in [3.05, 3.63) is 0 Å². The first kappa shape index (κ1) is 14.2. The van der Waals surface area contributed by atoms with Crippen LogP contribution in [-0.4, -0.2) is 16.6 Å². The Balaban J connectivity index is 3.28. The Kier molecular flexibility index (Phi) is 8.69. The maximum Gasteiger partial charge on any atom is 0.133 e. The minimum Gasteiger partial charge on any atom is -0.371 e. The van der Waals surface area contributed by atoms with Gasteiger partial charge in [0.2, 0.25) is 0 Å². The van der Waals surface area contributed by atoms with E-state index in [-0.39, 0.29) is 0 Å². The zero-order chi connectivity index (χ0) is 11.0. The van der Waals surface area contributed by atoms with E-state index >= 15 is 0 Å². The molecule has 84 valence electrons. The van der Waals surface area contributed by atoms with Gasteiger partial charge >= 0.3 is 0 Å². The molecule has 0 saturated carbocycles. The number of rotatable bonds is 6. The molecule has 0 aliphatic carbocycles. The summed E-state index contributed by atoms with van der Waals surface area (Å²) in [5.74, 6) is 2.68. The lowest BCUT2D eigenvalue weighted by Gasteiger charge is -2.09. The molecule has 14 heavy (non-hydrogen) atoms. The van der Waals surface area contributed by atoms with Crippen molar-refractivity contribution < 1.29 is 0 Å². The molecule has 0 rings (SSSR count). The Morgan fingerprint density at radius 2 is 1.71 bits per heavy atom. The van der Waals surface area contributed by atoms with Crippen molar-refractivity contribution in [1.29, 1.82) is 0 Å². The summed E-state index contributed by atoms with van der Waals surface area (Å²) in [6.45, 7) is 9.98. The van der Waals surface area contributed by atoms with Crippen molar-refractivity contribution in [2.45, 2.75) is 40.5 Å². The molecule has 0 aliphatic heterocycles. The van der Waals surface area contributed by atoms with Crippen molar-refractivity contribution in [3.63, 3.8) is 0 Å². The van der Waals surface area contributed by atoms with Crippen LogP contribution in [0.4, 0.5) is 0 Å². The zero-order valence-electron chi connectivity index (χ0n) is 9.80. The molecule has 0 aromatic carbocycles. The van der Waals surface area contributed by atoms with Crippen molar-refractivity contribution in [3.8, 4) is 0 Å². The quantitative estimate of drug-likeness (QED) is 0.703. The lowest BCUT2D eigenvalue weighted by Crippen LogP contribution is -2.21. The van der Waals surface area contributed by atoms with Gasteiger partial charge in [0, 0.05) is 12.3 Å². The number of hydrogen-bond acceptors (Lipinski definition) is 2. The van der Waals surface area contributed by atoms with E-state index in [1.807, 2.05) is 0 Å². The predicted molar refractivity (Wildman–Crippen MR) is 72.0 cm³/mol. The second-order valence-electron chi connectivity index (χ2n) is 4.43. The summed E-state index contributed by atoms with van der Waals surface area (Å²) in [5.41, 5.74) is 0. The van der Waals surface area contributed by atoms with Gasteiger partial charge in [-0.3, -0.25) is 0 Å². The molecule has 3 heteroatoms. The molecule has 0 unspecified atom stereocenters. The predicted octanol–water partition coefficient (Wildman–Crippen LogP) is 3.69. The molecular formula is C11H23NS2.